The minimum absolute atomic E-state index is 0.0749. The first-order chi connectivity index (χ1) is 9.10. The summed E-state index contributed by atoms with van der Waals surface area (Å²) in [4.78, 5) is 13.5. The summed E-state index contributed by atoms with van der Waals surface area (Å²) in [6, 6.07) is 5.05. The zero-order chi connectivity index (χ0) is 13.8. The van der Waals surface area contributed by atoms with Gasteiger partial charge in [-0.3, -0.25) is 0 Å². The van der Waals surface area contributed by atoms with Gasteiger partial charge in [-0.2, -0.15) is 5.26 Å². The van der Waals surface area contributed by atoms with E-state index in [0.29, 0.717) is 13.0 Å². The molecule has 0 spiro atoms. The molecule has 1 saturated heterocycles. The molecule has 2 N–H and O–H groups in total. The van der Waals surface area contributed by atoms with Crippen LogP contribution in [0.1, 0.15) is 18.4 Å². The van der Waals surface area contributed by atoms with Crippen LogP contribution in [0.5, 0.6) is 0 Å². The smallest absolute Gasteiger partial charge is 0.321 e. The summed E-state index contributed by atoms with van der Waals surface area (Å²) >= 11 is 0. The predicted molar refractivity (Wildman–Crippen MR) is 66.9 cm³/mol. The van der Waals surface area contributed by atoms with Crippen molar-refractivity contribution in [1.82, 2.24) is 4.90 Å². The average Bonchev–Trinajstić information content (AvgIpc) is 2.40. The summed E-state index contributed by atoms with van der Waals surface area (Å²) in [5.74, 6) is -0.525. The van der Waals surface area contributed by atoms with Gasteiger partial charge in [0.1, 0.15) is 11.9 Å². The van der Waals surface area contributed by atoms with Crippen molar-refractivity contribution >= 4 is 11.7 Å². The van der Waals surface area contributed by atoms with Gasteiger partial charge in [0.15, 0.2) is 0 Å². The first kappa shape index (κ1) is 13.3. The van der Waals surface area contributed by atoms with Crippen LogP contribution in [0.15, 0.2) is 18.2 Å². The number of halogens is 1. The number of anilines is 1. The number of nitrogens with one attached hydrogen (secondary N) is 1. The summed E-state index contributed by atoms with van der Waals surface area (Å²) in [5.41, 5.74) is 0.347. The molecule has 1 aromatic carbocycles. The average molecular weight is 263 g/mol. The van der Waals surface area contributed by atoms with Crippen LogP contribution in [0, 0.1) is 17.1 Å². The molecule has 0 radical (unpaired) electrons. The van der Waals surface area contributed by atoms with E-state index in [0.717, 1.165) is 12.5 Å². The largest absolute Gasteiger partial charge is 0.391 e. The van der Waals surface area contributed by atoms with Crippen LogP contribution in [-0.4, -0.2) is 35.2 Å². The van der Waals surface area contributed by atoms with Gasteiger partial charge in [-0.05, 0) is 31.0 Å². The number of hydrogen-bond donors (Lipinski definition) is 2. The number of urea groups is 1. The Morgan fingerprint density at radius 3 is 3.05 bits per heavy atom. The molecular weight excluding hydrogens is 249 g/mol. The zero-order valence-corrected chi connectivity index (χ0v) is 10.3. The van der Waals surface area contributed by atoms with Crippen molar-refractivity contribution in [1.29, 1.82) is 5.26 Å². The molecule has 0 saturated carbocycles. The minimum Gasteiger partial charge on any atom is -0.391 e. The highest BCUT2D eigenvalue weighted by molar-refractivity contribution is 5.90. The third kappa shape index (κ3) is 3.20. The number of nitrogens with zero attached hydrogens (tertiary/aromatic N) is 2. The van der Waals surface area contributed by atoms with Crippen LogP contribution in [0.3, 0.4) is 0 Å². The molecule has 1 atom stereocenters. The maximum absolute atomic E-state index is 13.0. The van der Waals surface area contributed by atoms with Crippen molar-refractivity contribution in [3.8, 4) is 6.07 Å². The van der Waals surface area contributed by atoms with E-state index in [-0.39, 0.29) is 23.8 Å². The predicted octanol–water partition coefficient (Wildman–Crippen LogP) is 1.69. The lowest BCUT2D eigenvalue weighted by Crippen LogP contribution is -2.44. The fraction of sp³-hybridized carbons (Fsp3) is 0.385. The fourth-order valence-electron chi connectivity index (χ4n) is 2.05. The van der Waals surface area contributed by atoms with Crippen molar-refractivity contribution in [2.75, 3.05) is 18.4 Å². The Balaban J connectivity index is 2.08. The molecule has 6 heteroatoms. The van der Waals surface area contributed by atoms with Crippen LogP contribution >= 0.6 is 0 Å². The Kier molecular flexibility index (Phi) is 3.97. The SMILES string of the molecule is N#Cc1cc(F)ccc1NC(=O)N1CCCC(O)C1. The van der Waals surface area contributed by atoms with Gasteiger partial charge in [0.25, 0.3) is 0 Å². The summed E-state index contributed by atoms with van der Waals surface area (Å²) < 4.78 is 13.0. The Labute approximate surface area is 110 Å². The molecule has 1 aromatic rings. The Bertz CT molecular complexity index is 527. The number of likely N-dealkylation sites (tertiary alicyclic amines) is 1. The van der Waals surface area contributed by atoms with Crippen molar-refractivity contribution in [3.63, 3.8) is 0 Å². The van der Waals surface area contributed by atoms with Gasteiger partial charge >= 0.3 is 6.03 Å². The summed E-state index contributed by atoms with van der Waals surface area (Å²) in [6.07, 6.45) is 0.913. The normalized spacial score (nSPS) is 18.8. The first-order valence-corrected chi connectivity index (χ1v) is 6.04. The van der Waals surface area contributed by atoms with E-state index in [9.17, 15) is 14.3 Å². The highest BCUT2D eigenvalue weighted by Gasteiger charge is 2.22. The first-order valence-electron chi connectivity index (χ1n) is 6.04. The lowest BCUT2D eigenvalue weighted by molar-refractivity contribution is 0.0883. The maximum Gasteiger partial charge on any atom is 0.321 e. The van der Waals surface area contributed by atoms with Gasteiger partial charge < -0.3 is 15.3 Å². The number of β-amino-alcohol motifs (C(OH)–C–C–N with tert-alkyl or cyclic N) is 1. The number of hydrogen-bond acceptors (Lipinski definition) is 3. The minimum atomic E-state index is -0.525. The van der Waals surface area contributed by atoms with Crippen molar-refractivity contribution in [2.24, 2.45) is 0 Å². The molecule has 0 aliphatic carbocycles. The van der Waals surface area contributed by atoms with Crippen LogP contribution in [-0.2, 0) is 0 Å². The van der Waals surface area contributed by atoms with E-state index in [1.54, 1.807) is 0 Å². The van der Waals surface area contributed by atoms with Gasteiger partial charge in [0, 0.05) is 13.1 Å². The van der Waals surface area contributed by atoms with Crippen molar-refractivity contribution in [3.05, 3.63) is 29.6 Å². The topological polar surface area (TPSA) is 76.4 Å². The maximum atomic E-state index is 13.0. The molecule has 2 amide bonds. The third-order valence-electron chi connectivity index (χ3n) is 3.03. The molecule has 1 heterocycles. The molecule has 19 heavy (non-hydrogen) atoms. The second kappa shape index (κ2) is 5.67. The van der Waals surface area contributed by atoms with Crippen LogP contribution in [0.4, 0.5) is 14.9 Å². The molecule has 5 nitrogen and oxygen atoms in total. The Hall–Kier alpha value is -2.13. The van der Waals surface area contributed by atoms with E-state index in [1.807, 2.05) is 6.07 Å². The highest BCUT2D eigenvalue weighted by Crippen LogP contribution is 2.18. The molecule has 1 aliphatic rings. The molecule has 2 rings (SSSR count). The molecule has 0 bridgehead atoms. The lowest BCUT2D eigenvalue weighted by atomic mass is 10.1. The molecular formula is C13H14FN3O2. The number of carbonyl (C=O) groups excluding carboxylic acids is 1. The second-order valence-electron chi connectivity index (χ2n) is 4.47. The van der Waals surface area contributed by atoms with Crippen molar-refractivity contribution in [2.45, 2.75) is 18.9 Å². The summed E-state index contributed by atoms with van der Waals surface area (Å²) in [7, 11) is 0. The van der Waals surface area contributed by atoms with Gasteiger partial charge in [-0.25, -0.2) is 9.18 Å². The standard InChI is InChI=1S/C13H14FN3O2/c14-10-3-4-12(9(6-10)7-15)16-13(19)17-5-1-2-11(18)8-17/h3-4,6,11,18H,1-2,5,8H2,(H,16,19). The molecule has 1 aliphatic heterocycles. The molecule has 1 unspecified atom stereocenters. The highest BCUT2D eigenvalue weighted by atomic mass is 19.1. The number of nitriles is 1. The number of piperidine rings is 1. The Morgan fingerprint density at radius 1 is 1.58 bits per heavy atom. The van der Waals surface area contributed by atoms with Gasteiger partial charge in [-0.1, -0.05) is 0 Å². The van der Waals surface area contributed by atoms with Gasteiger partial charge in [-0.15, -0.1) is 0 Å². The number of rotatable bonds is 1. The van der Waals surface area contributed by atoms with E-state index >= 15 is 0 Å². The number of amides is 2. The Morgan fingerprint density at radius 2 is 2.37 bits per heavy atom. The van der Waals surface area contributed by atoms with Gasteiger partial charge in [0.05, 0.1) is 17.4 Å². The van der Waals surface area contributed by atoms with E-state index in [2.05, 4.69) is 5.32 Å². The van der Waals surface area contributed by atoms with E-state index in [1.165, 1.54) is 17.0 Å². The third-order valence-corrected chi connectivity index (χ3v) is 3.03. The number of benzene rings is 1. The van der Waals surface area contributed by atoms with Crippen LogP contribution in [0.2, 0.25) is 0 Å². The van der Waals surface area contributed by atoms with Crippen LogP contribution < -0.4 is 5.32 Å². The van der Waals surface area contributed by atoms with Gasteiger partial charge in [0.2, 0.25) is 0 Å². The summed E-state index contributed by atoms with van der Waals surface area (Å²) in [6.45, 7) is 0.834. The quantitative estimate of drug-likeness (QED) is 0.809. The zero-order valence-electron chi connectivity index (χ0n) is 10.3. The molecule has 100 valence electrons. The monoisotopic (exact) mass is 263 g/mol. The van der Waals surface area contributed by atoms with E-state index in [4.69, 9.17) is 5.26 Å². The fourth-order valence-corrected chi connectivity index (χ4v) is 2.05. The number of aliphatic hydroxyl groups is 1. The summed E-state index contributed by atoms with van der Waals surface area (Å²) in [5, 5.41) is 21.0. The lowest BCUT2D eigenvalue weighted by Gasteiger charge is -2.30. The molecule has 1 fully saturated rings. The number of carbonyl (C=O) groups is 1. The second-order valence-corrected chi connectivity index (χ2v) is 4.47. The van der Waals surface area contributed by atoms with E-state index < -0.39 is 11.9 Å². The van der Waals surface area contributed by atoms with Crippen LogP contribution in [0.25, 0.3) is 0 Å². The van der Waals surface area contributed by atoms with Crippen molar-refractivity contribution < 1.29 is 14.3 Å². The molecule has 0 aromatic heterocycles. The number of aliphatic hydroxyl groups excluding tert-OH is 1.